The highest BCUT2D eigenvalue weighted by atomic mass is 15.2. The quantitative estimate of drug-likeness (QED) is 0.562. The number of likely N-dealkylation sites (tertiary alicyclic amines) is 2. The Morgan fingerprint density at radius 1 is 0.692 bits per heavy atom. The minimum Gasteiger partial charge on any atom is -0.303 e. The molecule has 2 heterocycles. The Hall–Kier alpha value is -0.0800. The summed E-state index contributed by atoms with van der Waals surface area (Å²) in [5.74, 6) is 2.56. The minimum absolute atomic E-state index is 0.816. The molecule has 26 heavy (non-hydrogen) atoms. The average molecular weight is 367 g/mol. The molecule has 1 saturated carbocycles. The number of hydrogen-bond donors (Lipinski definition) is 0. The zero-order valence-electron chi connectivity index (χ0n) is 19.3. The molecule has 3 aliphatic rings. The predicted octanol–water partition coefficient (Wildman–Crippen LogP) is 6.31. The van der Waals surface area contributed by atoms with Crippen molar-refractivity contribution in [3.05, 3.63) is 0 Å². The molecular weight excluding hydrogens is 316 g/mol. The van der Waals surface area contributed by atoms with E-state index in [1.165, 1.54) is 84.2 Å². The molecule has 0 N–H and O–H groups in total. The summed E-state index contributed by atoms with van der Waals surface area (Å²) in [6, 6.07) is 0. The van der Waals surface area contributed by atoms with Crippen LogP contribution in [0.25, 0.3) is 0 Å². The second-order valence-electron chi connectivity index (χ2n) is 9.85. The largest absolute Gasteiger partial charge is 0.303 e. The van der Waals surface area contributed by atoms with Crippen LogP contribution in [0.1, 0.15) is 93.4 Å². The van der Waals surface area contributed by atoms with Gasteiger partial charge in [-0.1, -0.05) is 67.7 Å². The smallest absolute Gasteiger partial charge is 0.00506 e. The first-order valence-corrected chi connectivity index (χ1v) is 11.8. The van der Waals surface area contributed by atoms with E-state index in [9.17, 15) is 0 Å². The van der Waals surface area contributed by atoms with E-state index in [1.54, 1.807) is 0 Å². The summed E-state index contributed by atoms with van der Waals surface area (Å²) in [5.41, 5.74) is 0.816. The number of hydrogen-bond acceptors (Lipinski definition) is 2. The van der Waals surface area contributed by atoms with Gasteiger partial charge in [-0.05, 0) is 61.9 Å². The first-order chi connectivity index (χ1) is 12.4. The van der Waals surface area contributed by atoms with Gasteiger partial charge in [0, 0.05) is 26.2 Å². The Kier molecular flexibility index (Phi) is 11.4. The monoisotopic (exact) mass is 366 g/mol. The number of nitrogens with zero attached hydrogens (tertiary/aromatic N) is 2. The molecule has 1 unspecified atom stereocenters. The van der Waals surface area contributed by atoms with Crippen molar-refractivity contribution < 1.29 is 0 Å². The maximum atomic E-state index is 2.66. The highest BCUT2D eigenvalue weighted by Gasteiger charge is 2.47. The summed E-state index contributed by atoms with van der Waals surface area (Å²) in [6.45, 7) is 23.8. The molecule has 0 aromatic rings. The summed E-state index contributed by atoms with van der Waals surface area (Å²) in [4.78, 5) is 5.28. The van der Waals surface area contributed by atoms with Gasteiger partial charge < -0.3 is 9.80 Å². The van der Waals surface area contributed by atoms with Crippen LogP contribution < -0.4 is 0 Å². The highest BCUT2D eigenvalue weighted by Crippen LogP contribution is 2.48. The molecule has 0 aromatic heterocycles. The molecule has 2 aliphatic heterocycles. The van der Waals surface area contributed by atoms with Gasteiger partial charge in [-0.15, -0.1) is 0 Å². The van der Waals surface area contributed by atoms with Crippen molar-refractivity contribution in [1.82, 2.24) is 9.80 Å². The van der Waals surface area contributed by atoms with E-state index in [4.69, 9.17) is 0 Å². The fraction of sp³-hybridized carbons (Fsp3) is 1.00. The van der Waals surface area contributed by atoms with Crippen LogP contribution in [0.5, 0.6) is 0 Å². The van der Waals surface area contributed by atoms with Crippen molar-refractivity contribution in [2.24, 2.45) is 23.2 Å². The molecule has 156 valence electrons. The summed E-state index contributed by atoms with van der Waals surface area (Å²) >= 11 is 0. The van der Waals surface area contributed by atoms with Crippen molar-refractivity contribution in [3.8, 4) is 0 Å². The van der Waals surface area contributed by atoms with Crippen LogP contribution in [0.2, 0.25) is 0 Å². The standard InChI is InChI=1S/C12H23N.C10H21N.C2H6/c1-10(2)11(3)7-13-8-12(9-13)5-4-6-12;1-10(2)9-11-7-5-3-4-6-8-11;1-2/h10-11H,4-9H2,1-3H3;10H,3-9H2,1-2H3;1-2H3. The van der Waals surface area contributed by atoms with Gasteiger partial charge >= 0.3 is 0 Å². The van der Waals surface area contributed by atoms with E-state index < -0.39 is 0 Å². The van der Waals surface area contributed by atoms with Crippen LogP contribution in [-0.4, -0.2) is 49.1 Å². The second-order valence-corrected chi connectivity index (χ2v) is 9.85. The molecule has 2 nitrogen and oxygen atoms in total. The SMILES string of the molecule is CC.CC(C)C(C)CN1CC2(CCC2)C1.CC(C)CN1CCCCCC1. The Bertz CT molecular complexity index is 330. The first kappa shape index (κ1) is 24.0. The Morgan fingerprint density at radius 2 is 1.23 bits per heavy atom. The molecule has 1 aliphatic carbocycles. The molecule has 2 heteroatoms. The second kappa shape index (κ2) is 12.4. The summed E-state index contributed by atoms with van der Waals surface area (Å²) in [7, 11) is 0. The third-order valence-electron chi connectivity index (χ3n) is 6.54. The topological polar surface area (TPSA) is 6.48 Å². The van der Waals surface area contributed by atoms with Crippen molar-refractivity contribution in [2.75, 3.05) is 39.3 Å². The summed E-state index contributed by atoms with van der Waals surface area (Å²) in [5, 5.41) is 0. The summed E-state index contributed by atoms with van der Waals surface area (Å²) in [6.07, 6.45) is 10.3. The van der Waals surface area contributed by atoms with Crippen LogP contribution in [0.15, 0.2) is 0 Å². The Balaban J connectivity index is 0.000000241. The molecule has 0 radical (unpaired) electrons. The zero-order chi connectivity index (χ0) is 19.6. The van der Waals surface area contributed by atoms with Crippen molar-refractivity contribution in [1.29, 1.82) is 0 Å². The lowest BCUT2D eigenvalue weighted by Crippen LogP contribution is -2.60. The fourth-order valence-corrected chi connectivity index (χ4v) is 4.48. The first-order valence-electron chi connectivity index (χ1n) is 11.8. The van der Waals surface area contributed by atoms with Gasteiger partial charge in [0.2, 0.25) is 0 Å². The highest BCUT2D eigenvalue weighted by molar-refractivity contribution is 5.00. The van der Waals surface area contributed by atoms with Crippen LogP contribution in [-0.2, 0) is 0 Å². The van der Waals surface area contributed by atoms with E-state index in [1.807, 2.05) is 13.8 Å². The molecule has 0 aromatic carbocycles. The van der Waals surface area contributed by atoms with E-state index in [0.29, 0.717) is 0 Å². The van der Waals surface area contributed by atoms with Crippen LogP contribution >= 0.6 is 0 Å². The van der Waals surface area contributed by atoms with Gasteiger partial charge in [0.1, 0.15) is 0 Å². The van der Waals surface area contributed by atoms with Gasteiger partial charge in [0.05, 0.1) is 0 Å². The Labute approximate surface area is 166 Å². The van der Waals surface area contributed by atoms with Crippen LogP contribution in [0.3, 0.4) is 0 Å². The van der Waals surface area contributed by atoms with Crippen molar-refractivity contribution >= 4 is 0 Å². The van der Waals surface area contributed by atoms with E-state index in [0.717, 1.165) is 23.2 Å². The van der Waals surface area contributed by atoms with Gasteiger partial charge in [-0.3, -0.25) is 0 Å². The molecule has 1 atom stereocenters. The molecule has 3 fully saturated rings. The van der Waals surface area contributed by atoms with Gasteiger partial charge in [-0.2, -0.15) is 0 Å². The average Bonchev–Trinajstić information content (AvgIpc) is 2.79. The molecule has 2 saturated heterocycles. The molecule has 0 amide bonds. The van der Waals surface area contributed by atoms with Gasteiger partial charge in [-0.25, -0.2) is 0 Å². The normalized spacial score (nSPS) is 23.9. The fourth-order valence-electron chi connectivity index (χ4n) is 4.48. The molecular formula is C24H50N2. The van der Waals surface area contributed by atoms with Gasteiger partial charge in [0.25, 0.3) is 0 Å². The lowest BCUT2D eigenvalue weighted by atomic mass is 9.63. The minimum atomic E-state index is 0.816. The van der Waals surface area contributed by atoms with Crippen LogP contribution in [0.4, 0.5) is 0 Å². The van der Waals surface area contributed by atoms with Crippen molar-refractivity contribution in [2.45, 2.75) is 93.4 Å². The van der Waals surface area contributed by atoms with E-state index >= 15 is 0 Å². The third kappa shape index (κ3) is 8.30. The maximum Gasteiger partial charge on any atom is 0.00506 e. The lowest BCUT2D eigenvalue weighted by Gasteiger charge is -2.56. The zero-order valence-corrected chi connectivity index (χ0v) is 19.3. The number of rotatable bonds is 5. The molecule has 0 bridgehead atoms. The van der Waals surface area contributed by atoms with Crippen molar-refractivity contribution in [3.63, 3.8) is 0 Å². The third-order valence-corrected chi connectivity index (χ3v) is 6.54. The van der Waals surface area contributed by atoms with Gasteiger partial charge in [0.15, 0.2) is 0 Å². The van der Waals surface area contributed by atoms with Crippen LogP contribution in [0, 0.1) is 23.2 Å². The predicted molar refractivity (Wildman–Crippen MR) is 118 cm³/mol. The molecule has 1 spiro atoms. The summed E-state index contributed by atoms with van der Waals surface area (Å²) < 4.78 is 0. The molecule has 3 rings (SSSR count). The Morgan fingerprint density at radius 3 is 1.62 bits per heavy atom. The van der Waals surface area contributed by atoms with E-state index in [2.05, 4.69) is 44.4 Å². The van der Waals surface area contributed by atoms with E-state index in [-0.39, 0.29) is 0 Å². The lowest BCUT2D eigenvalue weighted by molar-refractivity contribution is -0.0679. The maximum absolute atomic E-state index is 2.66.